The SMILES string of the molecule is Cc1cc(C)c(CN)c(NC2CCC2)n1. The van der Waals surface area contributed by atoms with Crippen LogP contribution in [0.3, 0.4) is 0 Å². The number of nitrogens with zero attached hydrogens (tertiary/aromatic N) is 1. The predicted molar refractivity (Wildman–Crippen MR) is 62.9 cm³/mol. The summed E-state index contributed by atoms with van der Waals surface area (Å²) < 4.78 is 0. The molecule has 0 aliphatic heterocycles. The maximum Gasteiger partial charge on any atom is 0.131 e. The fraction of sp³-hybridized carbons (Fsp3) is 0.583. The van der Waals surface area contributed by atoms with E-state index in [9.17, 15) is 0 Å². The maximum atomic E-state index is 5.76. The third-order valence-electron chi connectivity index (χ3n) is 3.13. The molecule has 0 saturated heterocycles. The van der Waals surface area contributed by atoms with E-state index in [-0.39, 0.29) is 0 Å². The molecule has 0 bridgehead atoms. The first-order chi connectivity index (χ1) is 7.20. The minimum atomic E-state index is 0.564. The molecule has 1 aliphatic rings. The molecular weight excluding hydrogens is 186 g/mol. The summed E-state index contributed by atoms with van der Waals surface area (Å²) in [7, 11) is 0. The molecule has 0 amide bonds. The Bertz CT molecular complexity index is 356. The van der Waals surface area contributed by atoms with E-state index in [2.05, 4.69) is 23.3 Å². The molecule has 0 unspecified atom stereocenters. The van der Waals surface area contributed by atoms with E-state index in [0.717, 1.165) is 17.1 Å². The van der Waals surface area contributed by atoms with Gasteiger partial charge in [0, 0.05) is 23.8 Å². The standard InChI is InChI=1S/C12H19N3/c1-8-6-9(2)14-12(11(8)7-13)15-10-4-3-5-10/h6,10H,3-5,7,13H2,1-2H3,(H,14,15). The largest absolute Gasteiger partial charge is 0.367 e. The van der Waals surface area contributed by atoms with Crippen LogP contribution in [0.1, 0.15) is 36.1 Å². The molecule has 15 heavy (non-hydrogen) atoms. The molecule has 82 valence electrons. The quantitative estimate of drug-likeness (QED) is 0.794. The van der Waals surface area contributed by atoms with Crippen LogP contribution in [0, 0.1) is 13.8 Å². The van der Waals surface area contributed by atoms with Crippen LogP contribution >= 0.6 is 0 Å². The van der Waals surface area contributed by atoms with Gasteiger partial charge in [0.05, 0.1) is 0 Å². The first-order valence-electron chi connectivity index (χ1n) is 5.64. The van der Waals surface area contributed by atoms with Crippen molar-refractivity contribution in [3.63, 3.8) is 0 Å². The maximum absolute atomic E-state index is 5.76. The van der Waals surface area contributed by atoms with E-state index in [1.165, 1.54) is 24.8 Å². The molecule has 3 N–H and O–H groups in total. The van der Waals surface area contributed by atoms with Gasteiger partial charge in [0.15, 0.2) is 0 Å². The van der Waals surface area contributed by atoms with E-state index in [0.29, 0.717) is 12.6 Å². The number of aromatic nitrogens is 1. The lowest BCUT2D eigenvalue weighted by Gasteiger charge is -2.28. The highest BCUT2D eigenvalue weighted by molar-refractivity contribution is 5.50. The summed E-state index contributed by atoms with van der Waals surface area (Å²) >= 11 is 0. The second kappa shape index (κ2) is 4.19. The molecule has 2 rings (SSSR count). The first kappa shape index (κ1) is 10.4. The van der Waals surface area contributed by atoms with Crippen LogP contribution in [0.5, 0.6) is 0 Å². The topological polar surface area (TPSA) is 50.9 Å². The van der Waals surface area contributed by atoms with Crippen molar-refractivity contribution >= 4 is 5.82 Å². The molecule has 0 radical (unpaired) electrons. The molecular formula is C12H19N3. The molecule has 1 fully saturated rings. The van der Waals surface area contributed by atoms with Crippen molar-refractivity contribution in [1.29, 1.82) is 0 Å². The first-order valence-corrected chi connectivity index (χ1v) is 5.64. The van der Waals surface area contributed by atoms with Gasteiger partial charge >= 0.3 is 0 Å². The summed E-state index contributed by atoms with van der Waals surface area (Å²) in [5.74, 6) is 1.000. The minimum Gasteiger partial charge on any atom is -0.367 e. The highest BCUT2D eigenvalue weighted by atomic mass is 15.0. The number of nitrogens with two attached hydrogens (primary N) is 1. The van der Waals surface area contributed by atoms with Crippen LogP contribution < -0.4 is 11.1 Å². The lowest BCUT2D eigenvalue weighted by Crippen LogP contribution is -2.28. The summed E-state index contributed by atoms with van der Waals surface area (Å²) in [4.78, 5) is 4.54. The van der Waals surface area contributed by atoms with E-state index in [1.807, 2.05) is 6.92 Å². The molecule has 1 saturated carbocycles. The van der Waals surface area contributed by atoms with Crippen molar-refractivity contribution in [2.24, 2.45) is 5.73 Å². The zero-order valence-corrected chi connectivity index (χ0v) is 9.51. The summed E-state index contributed by atoms with van der Waals surface area (Å²) in [6.07, 6.45) is 3.86. The highest BCUT2D eigenvalue weighted by Crippen LogP contribution is 2.25. The van der Waals surface area contributed by atoms with E-state index in [4.69, 9.17) is 5.73 Å². The molecule has 1 aliphatic carbocycles. The Morgan fingerprint density at radius 2 is 2.20 bits per heavy atom. The van der Waals surface area contributed by atoms with Crippen molar-refractivity contribution in [2.45, 2.75) is 45.7 Å². The van der Waals surface area contributed by atoms with Crippen molar-refractivity contribution in [2.75, 3.05) is 5.32 Å². The van der Waals surface area contributed by atoms with Gasteiger partial charge in [-0.25, -0.2) is 4.98 Å². The Morgan fingerprint density at radius 1 is 1.47 bits per heavy atom. The second-order valence-electron chi connectivity index (χ2n) is 4.38. The van der Waals surface area contributed by atoms with Crippen LogP contribution in [-0.2, 0) is 6.54 Å². The van der Waals surface area contributed by atoms with Crippen LogP contribution in [0.2, 0.25) is 0 Å². The summed E-state index contributed by atoms with van der Waals surface area (Å²) in [6.45, 7) is 4.69. The number of aryl methyl sites for hydroxylation is 2. The van der Waals surface area contributed by atoms with Gasteiger partial charge in [-0.1, -0.05) is 0 Å². The van der Waals surface area contributed by atoms with Crippen LogP contribution in [0.4, 0.5) is 5.82 Å². The fourth-order valence-corrected chi connectivity index (χ4v) is 1.99. The molecule has 3 nitrogen and oxygen atoms in total. The lowest BCUT2D eigenvalue weighted by molar-refractivity contribution is 0.444. The lowest BCUT2D eigenvalue weighted by atomic mass is 9.93. The summed E-state index contributed by atoms with van der Waals surface area (Å²) in [5, 5.41) is 3.49. The van der Waals surface area contributed by atoms with Gasteiger partial charge in [-0.05, 0) is 44.7 Å². The number of nitrogens with one attached hydrogen (secondary N) is 1. The summed E-state index contributed by atoms with van der Waals surface area (Å²) in [5.41, 5.74) is 9.22. The monoisotopic (exact) mass is 205 g/mol. The van der Waals surface area contributed by atoms with Crippen LogP contribution in [0.25, 0.3) is 0 Å². The molecule has 0 aromatic carbocycles. The zero-order chi connectivity index (χ0) is 10.8. The van der Waals surface area contributed by atoms with Crippen LogP contribution in [0.15, 0.2) is 6.07 Å². The molecule has 0 spiro atoms. The van der Waals surface area contributed by atoms with Crippen LogP contribution in [-0.4, -0.2) is 11.0 Å². The summed E-state index contributed by atoms with van der Waals surface area (Å²) in [6, 6.07) is 2.71. The fourth-order valence-electron chi connectivity index (χ4n) is 1.99. The number of hydrogen-bond acceptors (Lipinski definition) is 3. The third kappa shape index (κ3) is 2.12. The number of anilines is 1. The van der Waals surface area contributed by atoms with Crippen molar-refractivity contribution in [1.82, 2.24) is 4.98 Å². The molecule has 1 aromatic rings. The van der Waals surface area contributed by atoms with Gasteiger partial charge in [0.1, 0.15) is 5.82 Å². The van der Waals surface area contributed by atoms with Crippen molar-refractivity contribution in [3.8, 4) is 0 Å². The predicted octanol–water partition coefficient (Wildman–Crippen LogP) is 2.12. The van der Waals surface area contributed by atoms with Gasteiger partial charge in [-0.3, -0.25) is 0 Å². The Labute approximate surface area is 91.1 Å². The molecule has 1 aromatic heterocycles. The van der Waals surface area contributed by atoms with Gasteiger partial charge in [0.25, 0.3) is 0 Å². The zero-order valence-electron chi connectivity index (χ0n) is 9.51. The Morgan fingerprint density at radius 3 is 2.73 bits per heavy atom. The minimum absolute atomic E-state index is 0.564. The average molecular weight is 205 g/mol. The number of hydrogen-bond donors (Lipinski definition) is 2. The molecule has 0 atom stereocenters. The smallest absolute Gasteiger partial charge is 0.131 e. The normalized spacial score (nSPS) is 16.2. The van der Waals surface area contributed by atoms with E-state index >= 15 is 0 Å². The van der Waals surface area contributed by atoms with Crippen molar-refractivity contribution in [3.05, 3.63) is 22.9 Å². The van der Waals surface area contributed by atoms with Crippen molar-refractivity contribution < 1.29 is 0 Å². The second-order valence-corrected chi connectivity index (χ2v) is 4.38. The highest BCUT2D eigenvalue weighted by Gasteiger charge is 2.19. The molecule has 3 heteroatoms. The third-order valence-corrected chi connectivity index (χ3v) is 3.13. The van der Waals surface area contributed by atoms with Gasteiger partial charge < -0.3 is 11.1 Å². The van der Waals surface area contributed by atoms with Gasteiger partial charge in [0.2, 0.25) is 0 Å². The van der Waals surface area contributed by atoms with E-state index in [1.54, 1.807) is 0 Å². The Kier molecular flexibility index (Phi) is 2.91. The average Bonchev–Trinajstić information content (AvgIpc) is 2.10. The van der Waals surface area contributed by atoms with E-state index < -0.39 is 0 Å². The Balaban J connectivity index is 2.25. The number of rotatable bonds is 3. The van der Waals surface area contributed by atoms with Gasteiger partial charge in [-0.2, -0.15) is 0 Å². The Hall–Kier alpha value is -1.09. The number of pyridine rings is 1. The van der Waals surface area contributed by atoms with Gasteiger partial charge in [-0.15, -0.1) is 0 Å². The molecule has 1 heterocycles.